The summed E-state index contributed by atoms with van der Waals surface area (Å²) in [4.78, 5) is 0. The van der Waals surface area contributed by atoms with Crippen LogP contribution in [-0.4, -0.2) is 26.4 Å². The fourth-order valence-electron chi connectivity index (χ4n) is 4.54. The van der Waals surface area contributed by atoms with E-state index in [0.717, 1.165) is 18.1 Å². The zero-order valence-electron chi connectivity index (χ0n) is 17.5. The fourth-order valence-corrected chi connectivity index (χ4v) is 4.54. The predicted molar refractivity (Wildman–Crippen MR) is 119 cm³/mol. The normalized spacial score (nSPS) is 18.4. The van der Waals surface area contributed by atoms with E-state index in [0.29, 0.717) is 6.61 Å². The standard InChI is InChI=1S/C27H28O3/c1-28-22-13-9-20(10-14-22)27(26-8-4-6-19-5-2-3-7-25(19)26)21-11-15-23(16-12-21)29-17-24-18-30-24/h4,6,8-16,24,27H,2-3,5,7,17-18H2,1H3. The summed E-state index contributed by atoms with van der Waals surface area (Å²) in [6.45, 7) is 1.45. The second kappa shape index (κ2) is 8.53. The number of hydrogen-bond donors (Lipinski definition) is 0. The van der Waals surface area contributed by atoms with Crippen LogP contribution in [0.25, 0.3) is 0 Å². The SMILES string of the molecule is COc1ccc(C(c2ccc(OCC3CO3)cc2)c2cccc3c2CCCC3)cc1. The van der Waals surface area contributed by atoms with Crippen LogP contribution < -0.4 is 9.47 Å². The predicted octanol–water partition coefficient (Wildman–Crippen LogP) is 5.53. The van der Waals surface area contributed by atoms with Gasteiger partial charge in [0.25, 0.3) is 0 Å². The molecule has 0 aromatic heterocycles. The molecule has 2 aliphatic rings. The summed E-state index contributed by atoms with van der Waals surface area (Å²) >= 11 is 0. The monoisotopic (exact) mass is 400 g/mol. The third-order valence-electron chi connectivity index (χ3n) is 6.24. The molecule has 1 heterocycles. The maximum absolute atomic E-state index is 5.86. The molecule has 1 aliphatic carbocycles. The summed E-state index contributed by atoms with van der Waals surface area (Å²) in [5, 5.41) is 0. The Kier molecular flexibility index (Phi) is 5.46. The van der Waals surface area contributed by atoms with Crippen LogP contribution in [0.15, 0.2) is 66.7 Å². The molecule has 2 atom stereocenters. The number of fused-ring (bicyclic) bond motifs is 1. The smallest absolute Gasteiger partial charge is 0.119 e. The molecule has 1 fully saturated rings. The lowest BCUT2D eigenvalue weighted by molar-refractivity contribution is 0.263. The van der Waals surface area contributed by atoms with Gasteiger partial charge in [-0.1, -0.05) is 42.5 Å². The minimum atomic E-state index is 0.199. The van der Waals surface area contributed by atoms with E-state index >= 15 is 0 Å². The zero-order chi connectivity index (χ0) is 20.3. The fraction of sp³-hybridized carbons (Fsp3) is 0.333. The van der Waals surface area contributed by atoms with E-state index in [1.54, 1.807) is 7.11 Å². The first-order valence-corrected chi connectivity index (χ1v) is 10.9. The van der Waals surface area contributed by atoms with Crippen LogP contribution in [0.1, 0.15) is 46.6 Å². The maximum Gasteiger partial charge on any atom is 0.119 e. The molecule has 3 aromatic rings. The van der Waals surface area contributed by atoms with Gasteiger partial charge in [-0.25, -0.2) is 0 Å². The third-order valence-corrected chi connectivity index (χ3v) is 6.24. The molecule has 0 saturated carbocycles. The molecule has 2 unspecified atom stereocenters. The second-order valence-corrected chi connectivity index (χ2v) is 8.23. The molecule has 0 spiro atoms. The van der Waals surface area contributed by atoms with Crippen LogP contribution >= 0.6 is 0 Å². The molecule has 0 N–H and O–H groups in total. The molecule has 1 aliphatic heterocycles. The van der Waals surface area contributed by atoms with Crippen LogP contribution in [0.3, 0.4) is 0 Å². The van der Waals surface area contributed by atoms with Crippen molar-refractivity contribution in [2.24, 2.45) is 0 Å². The number of rotatable bonds is 7. The second-order valence-electron chi connectivity index (χ2n) is 8.23. The minimum Gasteiger partial charge on any atom is -0.497 e. The Morgan fingerprint density at radius 2 is 1.53 bits per heavy atom. The highest BCUT2D eigenvalue weighted by Gasteiger charge is 2.24. The Morgan fingerprint density at radius 3 is 2.20 bits per heavy atom. The van der Waals surface area contributed by atoms with E-state index in [1.807, 2.05) is 0 Å². The van der Waals surface area contributed by atoms with Crippen LogP contribution in [0, 0.1) is 0 Å². The first kappa shape index (κ1) is 19.2. The van der Waals surface area contributed by atoms with Crippen LogP contribution in [0.5, 0.6) is 11.5 Å². The molecule has 0 radical (unpaired) electrons. The van der Waals surface area contributed by atoms with Crippen molar-refractivity contribution in [2.75, 3.05) is 20.3 Å². The molecule has 3 heteroatoms. The van der Waals surface area contributed by atoms with E-state index in [-0.39, 0.29) is 12.0 Å². The Bertz CT molecular complexity index is 988. The van der Waals surface area contributed by atoms with Gasteiger partial charge in [-0.05, 0) is 77.8 Å². The van der Waals surface area contributed by atoms with Crippen molar-refractivity contribution in [1.82, 2.24) is 0 Å². The minimum absolute atomic E-state index is 0.199. The first-order chi connectivity index (χ1) is 14.8. The van der Waals surface area contributed by atoms with Crippen molar-refractivity contribution in [3.8, 4) is 11.5 Å². The van der Waals surface area contributed by atoms with Crippen molar-refractivity contribution in [2.45, 2.75) is 37.7 Å². The Morgan fingerprint density at radius 1 is 0.867 bits per heavy atom. The van der Waals surface area contributed by atoms with Crippen molar-refractivity contribution in [1.29, 1.82) is 0 Å². The highest BCUT2D eigenvalue weighted by Crippen LogP contribution is 2.38. The van der Waals surface area contributed by atoms with Gasteiger partial charge in [0.1, 0.15) is 24.2 Å². The largest absolute Gasteiger partial charge is 0.497 e. The van der Waals surface area contributed by atoms with E-state index in [9.17, 15) is 0 Å². The number of hydrogen-bond acceptors (Lipinski definition) is 3. The number of aryl methyl sites for hydroxylation is 1. The molecule has 0 amide bonds. The lowest BCUT2D eigenvalue weighted by atomic mass is 9.78. The summed E-state index contributed by atoms with van der Waals surface area (Å²) < 4.78 is 16.5. The van der Waals surface area contributed by atoms with Gasteiger partial charge in [-0.2, -0.15) is 0 Å². The number of epoxide rings is 1. The summed E-state index contributed by atoms with van der Waals surface area (Å²) in [6.07, 6.45) is 5.19. The molecule has 154 valence electrons. The summed E-state index contributed by atoms with van der Waals surface area (Å²) in [7, 11) is 1.71. The van der Waals surface area contributed by atoms with Gasteiger partial charge in [0.05, 0.1) is 13.7 Å². The van der Waals surface area contributed by atoms with Crippen molar-refractivity contribution >= 4 is 0 Å². The van der Waals surface area contributed by atoms with Crippen molar-refractivity contribution < 1.29 is 14.2 Å². The molecule has 30 heavy (non-hydrogen) atoms. The molecular weight excluding hydrogens is 372 g/mol. The Labute approximate surface area is 178 Å². The van der Waals surface area contributed by atoms with Crippen LogP contribution in [-0.2, 0) is 17.6 Å². The van der Waals surface area contributed by atoms with Crippen molar-refractivity contribution in [3.05, 3.63) is 94.5 Å². The molecule has 3 aromatic carbocycles. The Hall–Kier alpha value is -2.78. The van der Waals surface area contributed by atoms with Crippen LogP contribution in [0.2, 0.25) is 0 Å². The van der Waals surface area contributed by atoms with Gasteiger partial charge >= 0.3 is 0 Å². The summed E-state index contributed by atoms with van der Waals surface area (Å²) in [5.41, 5.74) is 7.05. The lowest BCUT2D eigenvalue weighted by Crippen LogP contribution is -2.12. The maximum atomic E-state index is 5.86. The van der Waals surface area contributed by atoms with Gasteiger partial charge in [-0.3, -0.25) is 0 Å². The van der Waals surface area contributed by atoms with E-state index in [2.05, 4.69) is 66.7 Å². The number of methoxy groups -OCH3 is 1. The molecule has 1 saturated heterocycles. The van der Waals surface area contributed by atoms with Gasteiger partial charge in [0, 0.05) is 5.92 Å². The van der Waals surface area contributed by atoms with Gasteiger partial charge in [0.15, 0.2) is 0 Å². The average Bonchev–Trinajstić information content (AvgIpc) is 3.64. The highest BCUT2D eigenvalue weighted by molar-refractivity contribution is 5.50. The Balaban J connectivity index is 1.53. The molecule has 3 nitrogen and oxygen atoms in total. The quantitative estimate of drug-likeness (QED) is 0.386. The number of benzene rings is 3. The highest BCUT2D eigenvalue weighted by atomic mass is 16.6. The molecular formula is C27H28O3. The summed E-state index contributed by atoms with van der Waals surface area (Å²) in [6, 6.07) is 23.9. The van der Waals surface area contributed by atoms with E-state index < -0.39 is 0 Å². The average molecular weight is 401 g/mol. The van der Waals surface area contributed by atoms with Gasteiger partial charge in [0.2, 0.25) is 0 Å². The van der Waals surface area contributed by atoms with E-state index in [1.165, 1.54) is 53.5 Å². The van der Waals surface area contributed by atoms with Gasteiger partial charge < -0.3 is 14.2 Å². The zero-order valence-corrected chi connectivity index (χ0v) is 17.5. The molecule has 5 rings (SSSR count). The first-order valence-electron chi connectivity index (χ1n) is 10.9. The van der Waals surface area contributed by atoms with Crippen LogP contribution in [0.4, 0.5) is 0 Å². The number of ether oxygens (including phenoxy) is 3. The van der Waals surface area contributed by atoms with E-state index in [4.69, 9.17) is 14.2 Å². The lowest BCUT2D eigenvalue weighted by Gasteiger charge is -2.26. The summed E-state index contributed by atoms with van der Waals surface area (Å²) in [5.74, 6) is 1.99. The third kappa shape index (κ3) is 4.08. The van der Waals surface area contributed by atoms with Gasteiger partial charge in [-0.15, -0.1) is 0 Å². The molecule has 0 bridgehead atoms. The van der Waals surface area contributed by atoms with Crippen molar-refractivity contribution in [3.63, 3.8) is 0 Å². The topological polar surface area (TPSA) is 31.0 Å².